The number of hydrogen-bond acceptors (Lipinski definition) is 4. The number of hydrogen-bond donors (Lipinski definition) is 2. The topological polar surface area (TPSA) is 84.5 Å². The van der Waals surface area contributed by atoms with E-state index in [1.54, 1.807) is 0 Å². The van der Waals surface area contributed by atoms with Crippen LogP contribution in [0.4, 0.5) is 4.39 Å². The Labute approximate surface area is 145 Å². The van der Waals surface area contributed by atoms with E-state index in [1.165, 1.54) is 12.1 Å². The molecule has 1 heterocycles. The average molecular weight is 379 g/mol. The molecule has 1 amide bonds. The van der Waals surface area contributed by atoms with Crippen LogP contribution in [0.2, 0.25) is 5.02 Å². The summed E-state index contributed by atoms with van der Waals surface area (Å²) in [6.45, 7) is 2.89. The monoisotopic (exact) mass is 378 g/mol. The molecule has 0 aliphatic carbocycles. The quantitative estimate of drug-likeness (QED) is 0.742. The summed E-state index contributed by atoms with van der Waals surface area (Å²) in [5.41, 5.74) is 2.42. The summed E-state index contributed by atoms with van der Waals surface area (Å²) < 4.78 is 43.2. The van der Waals surface area contributed by atoms with Crippen LogP contribution in [0.3, 0.4) is 0 Å². The molecule has 2 N–H and O–H groups in total. The number of nitrogens with one attached hydrogen (secondary N) is 2. The fourth-order valence-electron chi connectivity index (χ4n) is 2.47. The second-order valence-corrected chi connectivity index (χ2v) is 7.86. The molecule has 1 fully saturated rings. The third-order valence-corrected chi connectivity index (χ3v) is 5.46. The summed E-state index contributed by atoms with van der Waals surface area (Å²) in [4.78, 5) is 14.1. The fourth-order valence-corrected chi connectivity index (χ4v) is 4.00. The van der Waals surface area contributed by atoms with Crippen molar-refractivity contribution in [1.82, 2.24) is 10.3 Å². The number of carbonyl (C=O) groups excluding carboxylic acids is 1. The van der Waals surface area contributed by atoms with Crippen molar-refractivity contribution in [1.29, 1.82) is 0 Å². The highest BCUT2D eigenvalue weighted by molar-refractivity contribution is 7.89. The summed E-state index contributed by atoms with van der Waals surface area (Å²) in [5.74, 6) is -1.91. The van der Waals surface area contributed by atoms with Gasteiger partial charge in [0.1, 0.15) is 0 Å². The first kappa shape index (κ1) is 19.1. The number of ether oxygens (including phenoxy) is 1. The Hall–Kier alpha value is -1.22. The van der Waals surface area contributed by atoms with Crippen LogP contribution in [-0.4, -0.2) is 33.3 Å². The first-order valence-corrected chi connectivity index (χ1v) is 9.71. The van der Waals surface area contributed by atoms with Crippen molar-refractivity contribution in [3.05, 3.63) is 34.1 Å². The van der Waals surface area contributed by atoms with E-state index in [9.17, 15) is 17.6 Å². The first-order valence-electron chi connectivity index (χ1n) is 7.68. The minimum atomic E-state index is -3.72. The molecule has 1 aromatic carbocycles. The molecule has 1 aliphatic rings. The van der Waals surface area contributed by atoms with Crippen LogP contribution in [-0.2, 0) is 21.2 Å². The molecule has 9 heteroatoms. The van der Waals surface area contributed by atoms with Crippen LogP contribution in [0.5, 0.6) is 0 Å². The molecule has 1 aromatic rings. The van der Waals surface area contributed by atoms with Gasteiger partial charge in [-0.2, -0.15) is 0 Å². The Kier molecular flexibility index (Phi) is 6.56. The molecule has 134 valence electrons. The lowest BCUT2D eigenvalue weighted by atomic mass is 10.0. The SMILES string of the molecule is CCc1cc(Cl)c(F)c(C(=O)NNS(=O)(=O)CC2CCOCC2)c1. The van der Waals surface area contributed by atoms with E-state index in [1.807, 2.05) is 17.2 Å². The van der Waals surface area contributed by atoms with Crippen molar-refractivity contribution in [2.45, 2.75) is 26.2 Å². The van der Waals surface area contributed by atoms with Crippen molar-refractivity contribution >= 4 is 27.5 Å². The summed E-state index contributed by atoms with van der Waals surface area (Å²) in [6.07, 6.45) is 1.87. The number of aryl methyl sites for hydroxylation is 1. The van der Waals surface area contributed by atoms with Crippen LogP contribution < -0.4 is 10.3 Å². The smallest absolute Gasteiger partial charge is 0.269 e. The molecule has 0 bridgehead atoms. The van der Waals surface area contributed by atoms with Crippen LogP contribution in [0.1, 0.15) is 35.7 Å². The number of carbonyl (C=O) groups is 1. The molecule has 0 radical (unpaired) electrons. The Morgan fingerprint density at radius 3 is 2.67 bits per heavy atom. The van der Waals surface area contributed by atoms with Crippen LogP contribution in [0.15, 0.2) is 12.1 Å². The highest BCUT2D eigenvalue weighted by atomic mass is 35.5. The first-order chi connectivity index (χ1) is 11.3. The number of benzene rings is 1. The van der Waals surface area contributed by atoms with Gasteiger partial charge in [0.2, 0.25) is 10.0 Å². The van der Waals surface area contributed by atoms with Crippen molar-refractivity contribution in [2.24, 2.45) is 5.92 Å². The Bertz CT molecular complexity index is 706. The van der Waals surface area contributed by atoms with Gasteiger partial charge < -0.3 is 4.74 Å². The average Bonchev–Trinajstić information content (AvgIpc) is 2.55. The van der Waals surface area contributed by atoms with E-state index >= 15 is 0 Å². The lowest BCUT2D eigenvalue weighted by molar-refractivity contribution is 0.0722. The fraction of sp³-hybridized carbons (Fsp3) is 0.533. The number of amides is 1. The zero-order valence-corrected chi connectivity index (χ0v) is 14.8. The van der Waals surface area contributed by atoms with Crippen LogP contribution in [0.25, 0.3) is 0 Å². The molecule has 1 aliphatic heterocycles. The third kappa shape index (κ3) is 5.14. The lowest BCUT2D eigenvalue weighted by Gasteiger charge is -2.21. The molecular weight excluding hydrogens is 359 g/mol. The standard InChI is InChI=1S/C15H20ClFN2O4S/c1-2-10-7-12(14(17)13(16)8-10)15(20)18-19-24(21,22)9-11-3-5-23-6-4-11/h7-8,11,19H,2-6,9H2,1H3,(H,18,20). The van der Waals surface area contributed by atoms with E-state index in [-0.39, 0.29) is 22.3 Å². The maximum atomic E-state index is 14.0. The molecule has 0 atom stereocenters. The highest BCUT2D eigenvalue weighted by Crippen LogP contribution is 2.21. The Morgan fingerprint density at radius 2 is 2.04 bits per heavy atom. The van der Waals surface area contributed by atoms with Gasteiger partial charge in [-0.3, -0.25) is 10.2 Å². The predicted octanol–water partition coefficient (Wildman–Crippen LogP) is 2.03. The van der Waals surface area contributed by atoms with Gasteiger partial charge in [0.25, 0.3) is 5.91 Å². The largest absolute Gasteiger partial charge is 0.381 e. The normalized spacial score (nSPS) is 16.1. The number of halogens is 2. The van der Waals surface area contributed by atoms with E-state index in [4.69, 9.17) is 16.3 Å². The van der Waals surface area contributed by atoms with Gasteiger partial charge in [0.05, 0.1) is 16.3 Å². The molecule has 2 rings (SSSR count). The third-order valence-electron chi connectivity index (χ3n) is 3.86. The molecule has 0 aromatic heterocycles. The van der Waals surface area contributed by atoms with Crippen molar-refractivity contribution in [3.8, 4) is 0 Å². The molecule has 1 saturated heterocycles. The molecule has 0 saturated carbocycles. The summed E-state index contributed by atoms with van der Waals surface area (Å²) >= 11 is 5.76. The van der Waals surface area contributed by atoms with Gasteiger partial charge in [-0.05, 0) is 42.9 Å². The van der Waals surface area contributed by atoms with Gasteiger partial charge in [-0.15, -0.1) is 4.83 Å². The van der Waals surface area contributed by atoms with E-state index < -0.39 is 21.7 Å². The molecule has 0 unspecified atom stereocenters. The lowest BCUT2D eigenvalue weighted by Crippen LogP contribution is -2.44. The Morgan fingerprint density at radius 1 is 1.38 bits per heavy atom. The number of hydrazine groups is 1. The summed E-state index contributed by atoms with van der Waals surface area (Å²) in [6, 6.07) is 2.78. The number of sulfonamides is 1. The zero-order chi connectivity index (χ0) is 17.7. The second kappa shape index (κ2) is 8.24. The molecule has 24 heavy (non-hydrogen) atoms. The predicted molar refractivity (Wildman–Crippen MR) is 88.7 cm³/mol. The van der Waals surface area contributed by atoms with Crippen LogP contribution >= 0.6 is 11.6 Å². The minimum Gasteiger partial charge on any atom is -0.381 e. The van der Waals surface area contributed by atoms with Crippen molar-refractivity contribution < 1.29 is 22.3 Å². The van der Waals surface area contributed by atoms with E-state index in [0.717, 1.165) is 0 Å². The molecule has 0 spiro atoms. The molecule has 6 nitrogen and oxygen atoms in total. The van der Waals surface area contributed by atoms with E-state index in [2.05, 4.69) is 0 Å². The zero-order valence-electron chi connectivity index (χ0n) is 13.3. The molecular formula is C15H20ClFN2O4S. The Balaban J connectivity index is 2.00. The number of rotatable bonds is 6. The summed E-state index contributed by atoms with van der Waals surface area (Å²) in [7, 11) is -3.72. The second-order valence-electron chi connectivity index (χ2n) is 5.69. The van der Waals surface area contributed by atoms with Crippen LogP contribution in [0, 0.1) is 11.7 Å². The summed E-state index contributed by atoms with van der Waals surface area (Å²) in [5, 5.41) is -0.176. The van der Waals surface area contributed by atoms with Gasteiger partial charge >= 0.3 is 0 Å². The van der Waals surface area contributed by atoms with Gasteiger partial charge in [-0.25, -0.2) is 12.8 Å². The van der Waals surface area contributed by atoms with Gasteiger partial charge in [0.15, 0.2) is 5.82 Å². The van der Waals surface area contributed by atoms with Crippen molar-refractivity contribution in [3.63, 3.8) is 0 Å². The maximum absolute atomic E-state index is 14.0. The van der Waals surface area contributed by atoms with Gasteiger partial charge in [-0.1, -0.05) is 18.5 Å². The maximum Gasteiger partial charge on any atom is 0.269 e. The highest BCUT2D eigenvalue weighted by Gasteiger charge is 2.23. The van der Waals surface area contributed by atoms with Gasteiger partial charge in [0, 0.05) is 13.2 Å². The van der Waals surface area contributed by atoms with E-state index in [0.29, 0.717) is 38.0 Å². The minimum absolute atomic E-state index is 0.0252. The van der Waals surface area contributed by atoms with Crippen molar-refractivity contribution in [2.75, 3.05) is 19.0 Å².